The van der Waals surface area contributed by atoms with E-state index in [2.05, 4.69) is 4.72 Å². The molecule has 0 atom stereocenters. The summed E-state index contributed by atoms with van der Waals surface area (Å²) in [6.07, 6.45) is 0. The number of nitrogens with one attached hydrogen (secondary N) is 1. The molecule has 0 radical (unpaired) electrons. The van der Waals surface area contributed by atoms with Crippen molar-refractivity contribution in [3.8, 4) is 0 Å². The van der Waals surface area contributed by atoms with Gasteiger partial charge in [0.1, 0.15) is 10.7 Å². The van der Waals surface area contributed by atoms with Crippen LogP contribution in [0, 0.1) is 5.82 Å². The van der Waals surface area contributed by atoms with Crippen LogP contribution in [-0.4, -0.2) is 8.42 Å². The molecule has 0 fully saturated rings. The minimum Gasteiger partial charge on any atom is -0.395 e. The van der Waals surface area contributed by atoms with Gasteiger partial charge in [-0.25, -0.2) is 12.8 Å². The van der Waals surface area contributed by atoms with Crippen LogP contribution in [0.3, 0.4) is 0 Å². The zero-order chi connectivity index (χ0) is 15.6. The maximum atomic E-state index is 13.4. The number of anilines is 2. The summed E-state index contributed by atoms with van der Waals surface area (Å²) in [5.41, 5.74) is 6.55. The van der Waals surface area contributed by atoms with Gasteiger partial charge in [0.15, 0.2) is 0 Å². The molecule has 0 aliphatic carbocycles. The average Bonchev–Trinajstić information content (AvgIpc) is 2.41. The van der Waals surface area contributed by atoms with Crippen LogP contribution in [0.25, 0.3) is 0 Å². The first-order valence-electron chi connectivity index (χ1n) is 6.48. The van der Waals surface area contributed by atoms with E-state index in [4.69, 9.17) is 5.73 Å². The lowest BCUT2D eigenvalue weighted by Gasteiger charge is -2.12. The summed E-state index contributed by atoms with van der Waals surface area (Å²) in [5, 5.41) is 0. The fourth-order valence-corrected chi connectivity index (χ4v) is 3.11. The molecule has 2 rings (SSSR count). The van der Waals surface area contributed by atoms with Crippen LogP contribution in [0.15, 0.2) is 47.4 Å². The van der Waals surface area contributed by atoms with Crippen molar-refractivity contribution in [1.29, 1.82) is 0 Å². The number of nitrogens with two attached hydrogens (primary N) is 1. The van der Waals surface area contributed by atoms with Crippen LogP contribution >= 0.6 is 0 Å². The summed E-state index contributed by atoms with van der Waals surface area (Å²) in [5.74, 6) is -0.484. The number of rotatable bonds is 4. The monoisotopic (exact) mass is 308 g/mol. The highest BCUT2D eigenvalue weighted by molar-refractivity contribution is 7.92. The van der Waals surface area contributed by atoms with Crippen LogP contribution in [0.2, 0.25) is 0 Å². The minimum atomic E-state index is -3.92. The Kier molecular flexibility index (Phi) is 4.18. The molecule has 112 valence electrons. The second-order valence-corrected chi connectivity index (χ2v) is 6.69. The van der Waals surface area contributed by atoms with Crippen molar-refractivity contribution in [3.05, 3.63) is 53.8 Å². The SMILES string of the molecule is CC(C)c1cccc(NS(=O)(=O)c2cccc(F)c2N)c1. The van der Waals surface area contributed by atoms with Crippen LogP contribution in [0.1, 0.15) is 25.3 Å². The molecule has 6 heteroatoms. The van der Waals surface area contributed by atoms with E-state index in [1.165, 1.54) is 12.1 Å². The Hall–Kier alpha value is -2.08. The van der Waals surface area contributed by atoms with E-state index >= 15 is 0 Å². The number of hydrogen-bond acceptors (Lipinski definition) is 3. The second kappa shape index (κ2) is 5.73. The van der Waals surface area contributed by atoms with Crippen LogP contribution in [-0.2, 0) is 10.0 Å². The first-order valence-corrected chi connectivity index (χ1v) is 7.96. The Labute approximate surface area is 123 Å². The highest BCUT2D eigenvalue weighted by atomic mass is 32.2. The van der Waals surface area contributed by atoms with Gasteiger partial charge in [0.25, 0.3) is 10.0 Å². The molecule has 0 bridgehead atoms. The van der Waals surface area contributed by atoms with Gasteiger partial charge in [-0.2, -0.15) is 0 Å². The lowest BCUT2D eigenvalue weighted by atomic mass is 10.0. The summed E-state index contributed by atoms with van der Waals surface area (Å²) in [4.78, 5) is -0.266. The van der Waals surface area contributed by atoms with Crippen LogP contribution in [0.5, 0.6) is 0 Å². The summed E-state index contributed by atoms with van der Waals surface area (Å²) in [7, 11) is -3.92. The van der Waals surface area contributed by atoms with Crippen molar-refractivity contribution in [2.75, 3.05) is 10.5 Å². The van der Waals surface area contributed by atoms with E-state index in [0.717, 1.165) is 11.6 Å². The van der Waals surface area contributed by atoms with E-state index in [-0.39, 0.29) is 16.5 Å². The molecule has 0 heterocycles. The van der Waals surface area contributed by atoms with E-state index in [1.54, 1.807) is 18.2 Å². The summed E-state index contributed by atoms with van der Waals surface area (Å²) >= 11 is 0. The fourth-order valence-electron chi connectivity index (χ4n) is 1.92. The highest BCUT2D eigenvalue weighted by Crippen LogP contribution is 2.25. The van der Waals surface area contributed by atoms with Gasteiger partial charge in [0, 0.05) is 5.69 Å². The van der Waals surface area contributed by atoms with Crippen molar-refractivity contribution in [1.82, 2.24) is 0 Å². The third-order valence-electron chi connectivity index (χ3n) is 3.11. The smallest absolute Gasteiger partial charge is 0.264 e. The Balaban J connectivity index is 2.38. The summed E-state index contributed by atoms with van der Waals surface area (Å²) in [6, 6.07) is 10.8. The molecule has 3 N–H and O–H groups in total. The number of para-hydroxylation sites is 1. The number of nitrogen functional groups attached to an aromatic ring is 1. The van der Waals surface area contributed by atoms with Crippen molar-refractivity contribution >= 4 is 21.4 Å². The Bertz CT molecular complexity index is 758. The molecule has 0 aliphatic rings. The maximum absolute atomic E-state index is 13.4. The number of benzene rings is 2. The molecular weight excluding hydrogens is 291 g/mol. The van der Waals surface area contributed by atoms with E-state index in [1.807, 2.05) is 19.9 Å². The lowest BCUT2D eigenvalue weighted by Crippen LogP contribution is -2.15. The van der Waals surface area contributed by atoms with E-state index in [0.29, 0.717) is 5.69 Å². The summed E-state index contributed by atoms with van der Waals surface area (Å²) < 4.78 is 40.4. The Morgan fingerprint density at radius 2 is 1.81 bits per heavy atom. The van der Waals surface area contributed by atoms with E-state index < -0.39 is 15.8 Å². The zero-order valence-corrected chi connectivity index (χ0v) is 12.6. The molecule has 2 aromatic rings. The predicted molar refractivity (Wildman–Crippen MR) is 82.2 cm³/mol. The largest absolute Gasteiger partial charge is 0.395 e. The van der Waals surface area contributed by atoms with Crippen LogP contribution in [0.4, 0.5) is 15.8 Å². The molecule has 0 saturated heterocycles. The molecule has 0 spiro atoms. The van der Waals surface area contributed by atoms with Gasteiger partial charge in [-0.1, -0.05) is 32.0 Å². The Morgan fingerprint density at radius 1 is 1.14 bits per heavy atom. The van der Waals surface area contributed by atoms with Gasteiger partial charge in [-0.05, 0) is 35.7 Å². The average molecular weight is 308 g/mol. The molecule has 0 aromatic heterocycles. The third kappa shape index (κ3) is 3.33. The molecule has 4 nitrogen and oxygen atoms in total. The van der Waals surface area contributed by atoms with Crippen molar-refractivity contribution < 1.29 is 12.8 Å². The third-order valence-corrected chi connectivity index (χ3v) is 4.55. The van der Waals surface area contributed by atoms with Gasteiger partial charge in [-0.3, -0.25) is 4.72 Å². The minimum absolute atomic E-state index is 0.266. The zero-order valence-electron chi connectivity index (χ0n) is 11.8. The lowest BCUT2D eigenvalue weighted by molar-refractivity contribution is 0.597. The van der Waals surface area contributed by atoms with E-state index in [9.17, 15) is 12.8 Å². The topological polar surface area (TPSA) is 72.2 Å². The number of sulfonamides is 1. The van der Waals surface area contributed by atoms with Gasteiger partial charge in [0.05, 0.1) is 5.69 Å². The quantitative estimate of drug-likeness (QED) is 0.851. The van der Waals surface area contributed by atoms with Crippen molar-refractivity contribution in [2.24, 2.45) is 0 Å². The normalized spacial score (nSPS) is 11.6. The molecule has 0 unspecified atom stereocenters. The maximum Gasteiger partial charge on any atom is 0.264 e. The number of halogens is 1. The summed E-state index contributed by atoms with van der Waals surface area (Å²) in [6.45, 7) is 4.02. The molecule has 0 amide bonds. The second-order valence-electron chi connectivity index (χ2n) is 5.04. The standard InChI is InChI=1S/C15H17FN2O2S/c1-10(2)11-5-3-6-12(9-11)18-21(19,20)14-8-4-7-13(16)15(14)17/h3-10,18H,17H2,1-2H3. The van der Waals surface area contributed by atoms with Crippen molar-refractivity contribution in [2.45, 2.75) is 24.7 Å². The molecule has 2 aromatic carbocycles. The first-order chi connectivity index (χ1) is 9.81. The van der Waals surface area contributed by atoms with Gasteiger partial charge in [-0.15, -0.1) is 0 Å². The molecule has 0 saturated carbocycles. The van der Waals surface area contributed by atoms with Gasteiger partial charge in [0.2, 0.25) is 0 Å². The van der Waals surface area contributed by atoms with Gasteiger partial charge >= 0.3 is 0 Å². The molecular formula is C15H17FN2O2S. The first kappa shape index (κ1) is 15.3. The van der Waals surface area contributed by atoms with Gasteiger partial charge < -0.3 is 5.73 Å². The Morgan fingerprint density at radius 3 is 2.48 bits per heavy atom. The molecule has 0 aliphatic heterocycles. The molecule has 21 heavy (non-hydrogen) atoms. The number of hydrogen-bond donors (Lipinski definition) is 2. The highest BCUT2D eigenvalue weighted by Gasteiger charge is 2.19. The van der Waals surface area contributed by atoms with Crippen molar-refractivity contribution in [3.63, 3.8) is 0 Å². The van der Waals surface area contributed by atoms with Crippen LogP contribution < -0.4 is 10.5 Å². The fraction of sp³-hybridized carbons (Fsp3) is 0.200. The predicted octanol–water partition coefficient (Wildman–Crippen LogP) is 3.33.